The molecule has 2 rings (SSSR count). The van der Waals surface area contributed by atoms with Gasteiger partial charge in [0.2, 0.25) is 5.91 Å². The lowest BCUT2D eigenvalue weighted by Gasteiger charge is -2.06. The van der Waals surface area contributed by atoms with Crippen LogP contribution in [-0.4, -0.2) is 23.2 Å². The van der Waals surface area contributed by atoms with Gasteiger partial charge in [-0.2, -0.15) is 4.99 Å². The Bertz CT molecular complexity index is 685. The molecular weight excluding hydrogens is 308 g/mol. The predicted molar refractivity (Wildman–Crippen MR) is 94.4 cm³/mol. The maximum atomic E-state index is 12.0. The number of amidine groups is 1. The molecule has 4 nitrogen and oxygen atoms in total. The highest BCUT2D eigenvalue weighted by Gasteiger charge is 2.09. The maximum absolute atomic E-state index is 12.0. The second kappa shape index (κ2) is 8.90. The number of thioether (sulfide) groups is 1. The van der Waals surface area contributed by atoms with Crippen molar-refractivity contribution in [1.82, 2.24) is 5.32 Å². The summed E-state index contributed by atoms with van der Waals surface area (Å²) < 4.78 is 0. The summed E-state index contributed by atoms with van der Waals surface area (Å²) in [4.78, 5) is 28.0. The van der Waals surface area contributed by atoms with Gasteiger partial charge in [-0.1, -0.05) is 72.4 Å². The van der Waals surface area contributed by atoms with Gasteiger partial charge in [-0.05, 0) is 17.4 Å². The lowest BCUT2D eigenvalue weighted by molar-refractivity contribution is -0.119. The summed E-state index contributed by atoms with van der Waals surface area (Å²) in [6, 6.07) is 18.8. The zero-order valence-corrected chi connectivity index (χ0v) is 13.7. The van der Waals surface area contributed by atoms with Crippen molar-refractivity contribution in [2.45, 2.75) is 12.8 Å². The van der Waals surface area contributed by atoms with Crippen molar-refractivity contribution in [2.24, 2.45) is 4.99 Å². The number of hydrogen-bond acceptors (Lipinski definition) is 3. The topological polar surface area (TPSA) is 58.5 Å². The van der Waals surface area contributed by atoms with E-state index in [1.54, 1.807) is 6.26 Å². The lowest BCUT2D eigenvalue weighted by atomic mass is 10.1. The van der Waals surface area contributed by atoms with Crippen molar-refractivity contribution in [2.75, 3.05) is 6.26 Å². The molecule has 0 atom stereocenters. The minimum atomic E-state index is -0.277. The molecule has 23 heavy (non-hydrogen) atoms. The third kappa shape index (κ3) is 6.08. The Morgan fingerprint density at radius 1 is 0.913 bits per heavy atom. The molecule has 0 saturated carbocycles. The molecule has 0 aliphatic rings. The molecule has 0 radical (unpaired) electrons. The van der Waals surface area contributed by atoms with Crippen LogP contribution in [0.15, 0.2) is 65.7 Å². The summed E-state index contributed by atoms with van der Waals surface area (Å²) in [5, 5.41) is 3.01. The first kappa shape index (κ1) is 17.0. The first-order chi connectivity index (χ1) is 11.2. The molecule has 2 amide bonds. The van der Waals surface area contributed by atoms with Gasteiger partial charge in [-0.15, -0.1) is 0 Å². The molecule has 0 aliphatic heterocycles. The van der Waals surface area contributed by atoms with E-state index >= 15 is 0 Å². The molecule has 2 aromatic rings. The van der Waals surface area contributed by atoms with Gasteiger partial charge in [0.05, 0.1) is 12.8 Å². The quantitative estimate of drug-likeness (QED) is 0.694. The number of amides is 2. The smallest absolute Gasteiger partial charge is 0.252 e. The van der Waals surface area contributed by atoms with Crippen molar-refractivity contribution >= 4 is 28.7 Å². The van der Waals surface area contributed by atoms with E-state index in [1.165, 1.54) is 11.8 Å². The van der Waals surface area contributed by atoms with E-state index in [-0.39, 0.29) is 24.7 Å². The van der Waals surface area contributed by atoms with Crippen LogP contribution in [0.5, 0.6) is 0 Å². The van der Waals surface area contributed by atoms with Crippen LogP contribution in [0.4, 0.5) is 0 Å². The zero-order valence-electron chi connectivity index (χ0n) is 12.9. The monoisotopic (exact) mass is 326 g/mol. The molecule has 0 bridgehead atoms. The number of nitrogens with one attached hydrogen (secondary N) is 1. The molecule has 0 aromatic heterocycles. The van der Waals surface area contributed by atoms with Gasteiger partial charge in [0.15, 0.2) is 5.17 Å². The molecule has 118 valence electrons. The summed E-state index contributed by atoms with van der Waals surface area (Å²) in [7, 11) is 0. The van der Waals surface area contributed by atoms with Crippen LogP contribution < -0.4 is 5.32 Å². The van der Waals surface area contributed by atoms with Crippen LogP contribution in [0.2, 0.25) is 0 Å². The molecule has 0 spiro atoms. The van der Waals surface area contributed by atoms with Crippen LogP contribution in [0, 0.1) is 0 Å². The molecule has 2 aromatic carbocycles. The number of aliphatic imine (C=N–C) groups is 1. The third-order valence-corrected chi connectivity index (χ3v) is 3.65. The molecule has 5 heteroatoms. The van der Waals surface area contributed by atoms with Gasteiger partial charge >= 0.3 is 0 Å². The second-order valence-electron chi connectivity index (χ2n) is 4.89. The Labute approximate surface area is 140 Å². The summed E-state index contributed by atoms with van der Waals surface area (Å²) >= 11 is 1.24. The van der Waals surface area contributed by atoms with Gasteiger partial charge in [0.1, 0.15) is 0 Å². The van der Waals surface area contributed by atoms with E-state index in [4.69, 9.17) is 0 Å². The SMILES string of the molecule is CSC(=NC(=O)Cc1ccccc1)NC(=O)Cc1ccccc1. The average molecular weight is 326 g/mol. The largest absolute Gasteiger partial charge is 0.305 e. The van der Waals surface area contributed by atoms with E-state index in [0.717, 1.165) is 11.1 Å². The van der Waals surface area contributed by atoms with Crippen molar-refractivity contribution in [3.63, 3.8) is 0 Å². The summed E-state index contributed by atoms with van der Waals surface area (Å²) in [6.45, 7) is 0. The maximum Gasteiger partial charge on any atom is 0.252 e. The molecule has 0 saturated heterocycles. The molecule has 0 aliphatic carbocycles. The summed E-state index contributed by atoms with van der Waals surface area (Å²) in [6.07, 6.45) is 2.25. The Morgan fingerprint density at radius 3 is 1.96 bits per heavy atom. The van der Waals surface area contributed by atoms with Crippen molar-refractivity contribution in [3.05, 3.63) is 71.8 Å². The highest BCUT2D eigenvalue weighted by atomic mass is 32.2. The standard InChI is InChI=1S/C18H18N2O2S/c1-23-18(19-16(21)12-14-8-4-2-5-9-14)20-17(22)13-15-10-6-3-7-11-15/h2-11H,12-13H2,1H3,(H,19,20,21,22). The highest BCUT2D eigenvalue weighted by molar-refractivity contribution is 8.13. The van der Waals surface area contributed by atoms with Gasteiger partial charge in [0.25, 0.3) is 5.91 Å². The van der Waals surface area contributed by atoms with Gasteiger partial charge in [0, 0.05) is 0 Å². The molecule has 0 fully saturated rings. The van der Waals surface area contributed by atoms with Crippen LogP contribution in [0.3, 0.4) is 0 Å². The first-order valence-corrected chi connectivity index (χ1v) is 8.43. The van der Waals surface area contributed by atoms with Gasteiger partial charge in [-0.3, -0.25) is 9.59 Å². The Morgan fingerprint density at radius 2 is 1.43 bits per heavy atom. The zero-order chi connectivity index (χ0) is 16.5. The van der Waals surface area contributed by atoms with E-state index in [0.29, 0.717) is 5.17 Å². The second-order valence-corrected chi connectivity index (χ2v) is 5.68. The summed E-state index contributed by atoms with van der Waals surface area (Å²) in [5.41, 5.74) is 1.82. The van der Waals surface area contributed by atoms with Gasteiger partial charge in [-0.25, -0.2) is 0 Å². The van der Waals surface area contributed by atoms with Gasteiger partial charge < -0.3 is 5.32 Å². The van der Waals surface area contributed by atoms with E-state index in [2.05, 4.69) is 10.3 Å². The Kier molecular flexibility index (Phi) is 6.56. The Hall–Kier alpha value is -2.40. The van der Waals surface area contributed by atoms with Crippen LogP contribution in [0.1, 0.15) is 11.1 Å². The molecule has 0 heterocycles. The molecule has 0 unspecified atom stereocenters. The van der Waals surface area contributed by atoms with Crippen molar-refractivity contribution in [3.8, 4) is 0 Å². The number of carbonyl (C=O) groups is 2. The fraction of sp³-hybridized carbons (Fsp3) is 0.167. The van der Waals surface area contributed by atoms with Crippen molar-refractivity contribution < 1.29 is 9.59 Å². The van der Waals surface area contributed by atoms with Crippen LogP contribution in [0.25, 0.3) is 0 Å². The van der Waals surface area contributed by atoms with E-state index in [9.17, 15) is 9.59 Å². The molecule has 1 N–H and O–H groups in total. The number of carbonyl (C=O) groups excluding carboxylic acids is 2. The fourth-order valence-corrected chi connectivity index (χ4v) is 2.40. The Balaban J connectivity index is 1.93. The van der Waals surface area contributed by atoms with Crippen LogP contribution >= 0.6 is 11.8 Å². The molecular formula is C18H18N2O2S. The normalized spacial score (nSPS) is 11.1. The summed E-state index contributed by atoms with van der Waals surface area (Å²) in [5.74, 6) is -0.461. The minimum Gasteiger partial charge on any atom is -0.305 e. The fourth-order valence-electron chi connectivity index (χ4n) is 1.99. The van der Waals surface area contributed by atoms with Crippen molar-refractivity contribution in [1.29, 1.82) is 0 Å². The third-order valence-electron chi connectivity index (χ3n) is 3.07. The minimum absolute atomic E-state index is 0.184. The lowest BCUT2D eigenvalue weighted by Crippen LogP contribution is -2.30. The number of hydrogen-bond donors (Lipinski definition) is 1. The predicted octanol–water partition coefficient (Wildman–Crippen LogP) is 2.83. The van der Waals surface area contributed by atoms with E-state index in [1.807, 2.05) is 60.7 Å². The number of nitrogens with zero attached hydrogens (tertiary/aromatic N) is 1. The highest BCUT2D eigenvalue weighted by Crippen LogP contribution is 2.04. The van der Waals surface area contributed by atoms with Crippen LogP contribution in [-0.2, 0) is 22.4 Å². The van der Waals surface area contributed by atoms with E-state index < -0.39 is 0 Å². The average Bonchev–Trinajstić information content (AvgIpc) is 2.56. The first-order valence-electron chi connectivity index (χ1n) is 7.20. The number of rotatable bonds is 4. The number of benzene rings is 2.